The minimum Gasteiger partial charge on any atom is -0.369 e. The fourth-order valence-electron chi connectivity index (χ4n) is 5.25. The van der Waals surface area contributed by atoms with E-state index in [9.17, 15) is 9.59 Å². The maximum Gasteiger partial charge on any atom is 0.251 e. The first-order valence-electron chi connectivity index (χ1n) is 12.4. The van der Waals surface area contributed by atoms with Gasteiger partial charge in [-0.25, -0.2) is 0 Å². The molecule has 1 fully saturated rings. The van der Waals surface area contributed by atoms with Crippen LogP contribution in [0.3, 0.4) is 0 Å². The molecule has 0 unspecified atom stereocenters. The highest BCUT2D eigenvalue weighted by Gasteiger charge is 2.28. The van der Waals surface area contributed by atoms with Crippen molar-refractivity contribution in [1.29, 1.82) is 0 Å². The van der Waals surface area contributed by atoms with E-state index in [4.69, 9.17) is 11.6 Å². The first-order chi connectivity index (χ1) is 16.2. The summed E-state index contributed by atoms with van der Waals surface area (Å²) in [6, 6.07) is 6.36. The number of amides is 1. The van der Waals surface area contributed by atoms with Crippen LogP contribution in [0.25, 0.3) is 0 Å². The smallest absolute Gasteiger partial charge is 0.251 e. The van der Waals surface area contributed by atoms with Crippen molar-refractivity contribution >= 4 is 23.2 Å². The van der Waals surface area contributed by atoms with Crippen molar-refractivity contribution in [2.24, 2.45) is 0 Å². The fraction of sp³-hybridized carbons (Fsp3) is 0.556. The molecule has 1 aromatic heterocycles. The summed E-state index contributed by atoms with van der Waals surface area (Å²) in [6.07, 6.45) is 5.29. The standard InChI is InChI=1S/C27H39ClN4O2/c1-7-24-23(26(33)13-17(3)30-24)16-29-27(34)22-14-19(28)15-25(18(22)4)32(8-2)21-11-9-20(10-12-21)31(5)6/h13-15,20-21H,7-12,16H2,1-6H3,(H,29,34)(H,30,33)/t20-,21-. The molecule has 2 aromatic rings. The van der Waals surface area contributed by atoms with Gasteiger partial charge in [0.15, 0.2) is 5.43 Å². The Hall–Kier alpha value is -2.31. The van der Waals surface area contributed by atoms with E-state index < -0.39 is 0 Å². The number of aromatic amines is 1. The molecule has 3 rings (SSSR count). The summed E-state index contributed by atoms with van der Waals surface area (Å²) in [5, 5.41) is 3.51. The second kappa shape index (κ2) is 11.4. The lowest BCUT2D eigenvalue weighted by Gasteiger charge is -2.40. The lowest BCUT2D eigenvalue weighted by atomic mass is 9.89. The van der Waals surface area contributed by atoms with Crippen LogP contribution in [0.15, 0.2) is 23.0 Å². The predicted molar refractivity (Wildman–Crippen MR) is 141 cm³/mol. The number of carbonyl (C=O) groups is 1. The van der Waals surface area contributed by atoms with Gasteiger partial charge in [-0.3, -0.25) is 9.59 Å². The first-order valence-corrected chi connectivity index (χ1v) is 12.8. The van der Waals surface area contributed by atoms with Crippen molar-refractivity contribution in [2.45, 2.75) is 78.4 Å². The van der Waals surface area contributed by atoms with Crippen LogP contribution in [-0.4, -0.2) is 48.5 Å². The van der Waals surface area contributed by atoms with Gasteiger partial charge in [0, 0.05) is 64.5 Å². The molecule has 34 heavy (non-hydrogen) atoms. The molecule has 186 valence electrons. The molecule has 0 radical (unpaired) electrons. The molecule has 6 nitrogen and oxygen atoms in total. The first kappa shape index (κ1) is 26.3. The molecule has 1 saturated carbocycles. The van der Waals surface area contributed by atoms with Gasteiger partial charge >= 0.3 is 0 Å². The molecule has 1 amide bonds. The van der Waals surface area contributed by atoms with E-state index in [0.29, 0.717) is 34.7 Å². The molecule has 0 spiro atoms. The summed E-state index contributed by atoms with van der Waals surface area (Å²) in [5.41, 5.74) is 4.75. The maximum absolute atomic E-state index is 13.2. The molecule has 0 atom stereocenters. The summed E-state index contributed by atoms with van der Waals surface area (Å²) in [4.78, 5) is 33.7. The third kappa shape index (κ3) is 5.84. The summed E-state index contributed by atoms with van der Waals surface area (Å²) >= 11 is 6.51. The number of hydrogen-bond donors (Lipinski definition) is 2. The van der Waals surface area contributed by atoms with E-state index in [2.05, 4.69) is 41.1 Å². The number of carbonyl (C=O) groups excluding carboxylic acids is 1. The van der Waals surface area contributed by atoms with Gasteiger partial charge in [-0.2, -0.15) is 0 Å². The van der Waals surface area contributed by atoms with Gasteiger partial charge in [0.25, 0.3) is 5.91 Å². The SMILES string of the molecule is CCc1[nH]c(C)cc(=O)c1CNC(=O)c1cc(Cl)cc(N(CC)[C@H]2CC[C@H](N(C)C)CC2)c1C. The van der Waals surface area contributed by atoms with Gasteiger partial charge in [0.1, 0.15) is 0 Å². The fourth-order valence-corrected chi connectivity index (χ4v) is 5.46. The van der Waals surface area contributed by atoms with Crippen LogP contribution < -0.4 is 15.6 Å². The van der Waals surface area contributed by atoms with E-state index in [1.807, 2.05) is 26.8 Å². The Morgan fingerprint density at radius 2 is 1.74 bits per heavy atom. The van der Waals surface area contributed by atoms with Gasteiger partial charge in [-0.1, -0.05) is 18.5 Å². The lowest BCUT2D eigenvalue weighted by Crippen LogP contribution is -2.42. The quantitative estimate of drug-likeness (QED) is 0.560. The molecule has 2 N–H and O–H groups in total. The second-order valence-corrected chi connectivity index (χ2v) is 10.1. The van der Waals surface area contributed by atoms with Crippen molar-refractivity contribution in [3.8, 4) is 0 Å². The highest BCUT2D eigenvalue weighted by atomic mass is 35.5. The van der Waals surface area contributed by atoms with Crippen LogP contribution in [0.1, 0.15) is 72.4 Å². The Bertz CT molecular complexity index is 1070. The molecule has 1 aliphatic carbocycles. The van der Waals surface area contributed by atoms with Crippen LogP contribution in [0, 0.1) is 13.8 Å². The third-order valence-corrected chi connectivity index (χ3v) is 7.43. The minimum atomic E-state index is -0.212. The van der Waals surface area contributed by atoms with E-state index >= 15 is 0 Å². The molecule has 0 aliphatic heterocycles. The van der Waals surface area contributed by atoms with Crippen molar-refractivity contribution in [3.05, 3.63) is 61.5 Å². The number of aryl methyl sites for hydroxylation is 2. The van der Waals surface area contributed by atoms with Crippen molar-refractivity contribution in [2.75, 3.05) is 25.5 Å². The van der Waals surface area contributed by atoms with E-state index in [1.54, 1.807) is 12.1 Å². The topological polar surface area (TPSA) is 68.4 Å². The number of nitrogens with one attached hydrogen (secondary N) is 2. The molecule has 0 saturated heterocycles. The molecule has 1 heterocycles. The van der Waals surface area contributed by atoms with Gasteiger partial charge < -0.3 is 20.1 Å². The number of nitrogens with zero attached hydrogens (tertiary/aromatic N) is 2. The number of halogens is 1. The van der Waals surface area contributed by atoms with Crippen LogP contribution in [0.4, 0.5) is 5.69 Å². The Labute approximate surface area is 208 Å². The molecule has 0 bridgehead atoms. The van der Waals surface area contributed by atoms with Gasteiger partial charge in [0.05, 0.1) is 0 Å². The highest BCUT2D eigenvalue weighted by Crippen LogP contribution is 2.34. The summed E-state index contributed by atoms with van der Waals surface area (Å²) in [6.45, 7) is 9.06. The highest BCUT2D eigenvalue weighted by molar-refractivity contribution is 6.31. The van der Waals surface area contributed by atoms with Crippen molar-refractivity contribution < 1.29 is 4.79 Å². The van der Waals surface area contributed by atoms with E-state index in [1.165, 1.54) is 12.8 Å². The normalized spacial score (nSPS) is 18.2. The summed E-state index contributed by atoms with van der Waals surface area (Å²) in [7, 11) is 4.31. The Morgan fingerprint density at radius 3 is 2.32 bits per heavy atom. The van der Waals surface area contributed by atoms with Gasteiger partial charge in [0.2, 0.25) is 0 Å². The predicted octanol–water partition coefficient (Wildman–Crippen LogP) is 4.84. The zero-order valence-corrected chi connectivity index (χ0v) is 22.2. The molecule has 1 aliphatic rings. The summed E-state index contributed by atoms with van der Waals surface area (Å²) in [5.74, 6) is -0.212. The maximum atomic E-state index is 13.2. The average molecular weight is 487 g/mol. The monoisotopic (exact) mass is 486 g/mol. The summed E-state index contributed by atoms with van der Waals surface area (Å²) < 4.78 is 0. The Balaban J connectivity index is 1.82. The van der Waals surface area contributed by atoms with Crippen LogP contribution in [0.5, 0.6) is 0 Å². The minimum absolute atomic E-state index is 0.0533. The largest absolute Gasteiger partial charge is 0.369 e. The number of rotatable bonds is 8. The van der Waals surface area contributed by atoms with Gasteiger partial charge in [-0.05, 0) is 84.7 Å². The molecular formula is C27H39ClN4O2. The number of anilines is 1. The zero-order valence-electron chi connectivity index (χ0n) is 21.4. The Morgan fingerprint density at radius 1 is 1.09 bits per heavy atom. The number of hydrogen-bond acceptors (Lipinski definition) is 4. The van der Waals surface area contributed by atoms with E-state index in [0.717, 1.165) is 42.0 Å². The molecule has 7 heteroatoms. The molecular weight excluding hydrogens is 448 g/mol. The van der Waals surface area contributed by atoms with Crippen LogP contribution in [0.2, 0.25) is 5.02 Å². The van der Waals surface area contributed by atoms with Gasteiger partial charge in [-0.15, -0.1) is 0 Å². The lowest BCUT2D eigenvalue weighted by molar-refractivity contribution is 0.0950. The van der Waals surface area contributed by atoms with Crippen LogP contribution in [-0.2, 0) is 13.0 Å². The van der Waals surface area contributed by atoms with Crippen molar-refractivity contribution in [3.63, 3.8) is 0 Å². The second-order valence-electron chi connectivity index (χ2n) is 9.62. The van der Waals surface area contributed by atoms with Crippen LogP contribution >= 0.6 is 11.6 Å². The zero-order chi connectivity index (χ0) is 25.0. The number of benzene rings is 1. The number of pyridine rings is 1. The molecule has 1 aromatic carbocycles. The van der Waals surface area contributed by atoms with E-state index in [-0.39, 0.29) is 17.9 Å². The third-order valence-electron chi connectivity index (χ3n) is 7.21. The van der Waals surface area contributed by atoms with Crippen molar-refractivity contribution in [1.82, 2.24) is 15.2 Å². The Kier molecular flexibility index (Phi) is 8.83. The number of H-pyrrole nitrogens is 1. The average Bonchev–Trinajstić information content (AvgIpc) is 2.80. The number of aromatic nitrogens is 1.